The molecule has 2 aromatic rings. The zero-order chi connectivity index (χ0) is 21.5. The van der Waals surface area contributed by atoms with Crippen molar-refractivity contribution in [2.75, 3.05) is 0 Å². The fourth-order valence-electron chi connectivity index (χ4n) is 4.10. The van der Waals surface area contributed by atoms with Gasteiger partial charge in [-0.15, -0.1) is 0 Å². The van der Waals surface area contributed by atoms with Crippen molar-refractivity contribution in [2.24, 2.45) is 0 Å². The van der Waals surface area contributed by atoms with Crippen LogP contribution in [0.5, 0.6) is 0 Å². The Hall–Kier alpha value is -2.62. The molecule has 0 aromatic heterocycles. The lowest BCUT2D eigenvalue weighted by Crippen LogP contribution is -2.49. The first-order valence-electron chi connectivity index (χ1n) is 11.1. The molecule has 0 bridgehead atoms. The second kappa shape index (κ2) is 10.4. The lowest BCUT2D eigenvalue weighted by Gasteiger charge is -2.30. The van der Waals surface area contributed by atoms with Crippen molar-refractivity contribution in [3.05, 3.63) is 70.8 Å². The van der Waals surface area contributed by atoms with E-state index >= 15 is 0 Å². The molecule has 30 heavy (non-hydrogen) atoms. The number of amides is 2. The second-order valence-corrected chi connectivity index (χ2v) is 8.60. The Bertz CT molecular complexity index is 854. The Morgan fingerprint density at radius 2 is 1.70 bits per heavy atom. The zero-order valence-electron chi connectivity index (χ0n) is 18.5. The third-order valence-corrected chi connectivity index (χ3v) is 6.22. The highest BCUT2D eigenvalue weighted by Gasteiger charge is 2.28. The van der Waals surface area contributed by atoms with Crippen molar-refractivity contribution in [2.45, 2.75) is 77.9 Å². The summed E-state index contributed by atoms with van der Waals surface area (Å²) in [6.45, 7) is 6.42. The van der Waals surface area contributed by atoms with Crippen LogP contribution in [0, 0.1) is 13.8 Å². The van der Waals surface area contributed by atoms with Gasteiger partial charge >= 0.3 is 0 Å². The summed E-state index contributed by atoms with van der Waals surface area (Å²) >= 11 is 0. The third-order valence-electron chi connectivity index (χ3n) is 6.22. The van der Waals surface area contributed by atoms with Crippen molar-refractivity contribution in [3.63, 3.8) is 0 Å². The summed E-state index contributed by atoms with van der Waals surface area (Å²) < 4.78 is 0. The van der Waals surface area contributed by atoms with Gasteiger partial charge in [0.2, 0.25) is 11.8 Å². The molecule has 0 aliphatic heterocycles. The van der Waals surface area contributed by atoms with Gasteiger partial charge in [0.1, 0.15) is 6.04 Å². The van der Waals surface area contributed by atoms with E-state index in [4.69, 9.17) is 0 Å². The van der Waals surface area contributed by atoms with Gasteiger partial charge in [-0.05, 0) is 56.7 Å². The summed E-state index contributed by atoms with van der Waals surface area (Å²) in [5, 5.41) is 3.16. The Labute approximate surface area is 180 Å². The molecule has 1 aliphatic carbocycles. The number of nitrogens with one attached hydrogen (secondary N) is 1. The number of carbonyl (C=O) groups excluding carboxylic acids is 2. The molecule has 4 nitrogen and oxygen atoms in total. The Morgan fingerprint density at radius 1 is 1.03 bits per heavy atom. The van der Waals surface area contributed by atoms with Crippen LogP contribution in [0.2, 0.25) is 0 Å². The molecular formula is C26H34N2O2. The monoisotopic (exact) mass is 406 g/mol. The van der Waals surface area contributed by atoms with Crippen molar-refractivity contribution < 1.29 is 9.59 Å². The van der Waals surface area contributed by atoms with E-state index < -0.39 is 6.04 Å². The predicted molar refractivity (Wildman–Crippen MR) is 121 cm³/mol. The number of aryl methyl sites for hydroxylation is 3. The van der Waals surface area contributed by atoms with Gasteiger partial charge in [-0.2, -0.15) is 0 Å². The van der Waals surface area contributed by atoms with Crippen LogP contribution in [0.1, 0.15) is 61.3 Å². The maximum absolute atomic E-state index is 13.2. The van der Waals surface area contributed by atoms with Crippen LogP contribution in [0.4, 0.5) is 0 Å². The van der Waals surface area contributed by atoms with Gasteiger partial charge in [-0.3, -0.25) is 9.59 Å². The molecular weight excluding hydrogens is 372 g/mol. The lowest BCUT2D eigenvalue weighted by atomic mass is 10.0. The Morgan fingerprint density at radius 3 is 2.37 bits per heavy atom. The van der Waals surface area contributed by atoms with E-state index in [-0.39, 0.29) is 17.9 Å². The molecule has 1 aliphatic rings. The van der Waals surface area contributed by atoms with E-state index in [0.717, 1.165) is 29.5 Å². The molecule has 1 fully saturated rings. The average molecular weight is 407 g/mol. The number of rotatable bonds is 8. The number of hydrogen-bond donors (Lipinski definition) is 1. The first-order valence-corrected chi connectivity index (χ1v) is 11.1. The van der Waals surface area contributed by atoms with Crippen LogP contribution in [-0.2, 0) is 22.6 Å². The molecule has 3 rings (SSSR count). The molecule has 2 amide bonds. The number of hydrogen-bond acceptors (Lipinski definition) is 2. The van der Waals surface area contributed by atoms with Gasteiger partial charge in [-0.25, -0.2) is 0 Å². The van der Waals surface area contributed by atoms with Crippen LogP contribution in [0.15, 0.2) is 48.5 Å². The lowest BCUT2D eigenvalue weighted by molar-refractivity contribution is -0.140. The smallest absolute Gasteiger partial charge is 0.242 e. The van der Waals surface area contributed by atoms with Crippen molar-refractivity contribution >= 4 is 11.8 Å². The molecule has 4 heteroatoms. The molecule has 0 saturated heterocycles. The summed E-state index contributed by atoms with van der Waals surface area (Å²) in [6.07, 6.45) is 5.50. The normalized spacial score (nSPS) is 15.0. The van der Waals surface area contributed by atoms with E-state index in [1.165, 1.54) is 18.4 Å². The standard InChI is InChI=1S/C26H34N2O2/c1-19-12-14-22(15-13-19)16-17-25(29)28(18-23-9-5-4-8-20(23)2)21(3)26(30)27-24-10-6-7-11-24/h4-5,8-9,12-15,21,24H,6-7,10-11,16-18H2,1-3H3,(H,27,30)/t21-/m0/s1. The molecule has 0 spiro atoms. The van der Waals surface area contributed by atoms with Crippen molar-refractivity contribution in [1.82, 2.24) is 10.2 Å². The SMILES string of the molecule is Cc1ccc(CCC(=O)N(Cc2ccccc2C)[C@@H](C)C(=O)NC2CCCC2)cc1. The van der Waals surface area contributed by atoms with Crippen LogP contribution >= 0.6 is 0 Å². The van der Waals surface area contributed by atoms with Gasteiger partial charge < -0.3 is 10.2 Å². The van der Waals surface area contributed by atoms with E-state index in [1.54, 1.807) is 4.90 Å². The summed E-state index contributed by atoms with van der Waals surface area (Å²) in [6, 6.07) is 16.1. The average Bonchev–Trinajstić information content (AvgIpc) is 3.25. The number of nitrogens with zero attached hydrogens (tertiary/aromatic N) is 1. The summed E-state index contributed by atoms with van der Waals surface area (Å²) in [5.74, 6) is -0.0212. The highest BCUT2D eigenvalue weighted by atomic mass is 16.2. The van der Waals surface area contributed by atoms with E-state index in [2.05, 4.69) is 36.5 Å². The topological polar surface area (TPSA) is 49.4 Å². The maximum atomic E-state index is 13.2. The minimum Gasteiger partial charge on any atom is -0.352 e. The van der Waals surface area contributed by atoms with Crippen LogP contribution in [0.25, 0.3) is 0 Å². The highest BCUT2D eigenvalue weighted by molar-refractivity contribution is 5.87. The molecule has 160 valence electrons. The fourth-order valence-corrected chi connectivity index (χ4v) is 4.10. The molecule has 0 radical (unpaired) electrons. The quantitative estimate of drug-likeness (QED) is 0.690. The molecule has 0 heterocycles. The predicted octanol–water partition coefficient (Wildman–Crippen LogP) is 4.71. The second-order valence-electron chi connectivity index (χ2n) is 8.60. The Kier molecular flexibility index (Phi) is 7.67. The zero-order valence-corrected chi connectivity index (χ0v) is 18.5. The first kappa shape index (κ1) is 22.1. The minimum absolute atomic E-state index is 0.0212. The van der Waals surface area contributed by atoms with E-state index in [9.17, 15) is 9.59 Å². The largest absolute Gasteiger partial charge is 0.352 e. The number of carbonyl (C=O) groups is 2. The Balaban J connectivity index is 1.71. The van der Waals surface area contributed by atoms with Crippen molar-refractivity contribution in [1.29, 1.82) is 0 Å². The van der Waals surface area contributed by atoms with Gasteiger partial charge in [-0.1, -0.05) is 66.9 Å². The minimum atomic E-state index is -0.490. The van der Waals surface area contributed by atoms with Gasteiger partial charge in [0.05, 0.1) is 0 Å². The molecule has 1 saturated carbocycles. The molecule has 1 N–H and O–H groups in total. The van der Waals surface area contributed by atoms with E-state index in [1.807, 2.05) is 38.1 Å². The summed E-state index contributed by atoms with van der Waals surface area (Å²) in [5.41, 5.74) is 4.58. The van der Waals surface area contributed by atoms with Gasteiger partial charge in [0.25, 0.3) is 0 Å². The van der Waals surface area contributed by atoms with Crippen molar-refractivity contribution in [3.8, 4) is 0 Å². The molecule has 2 aromatic carbocycles. The third kappa shape index (κ3) is 5.94. The van der Waals surface area contributed by atoms with Crippen LogP contribution < -0.4 is 5.32 Å². The molecule has 1 atom stereocenters. The van der Waals surface area contributed by atoms with Crippen LogP contribution in [0.3, 0.4) is 0 Å². The van der Waals surface area contributed by atoms with Gasteiger partial charge in [0.15, 0.2) is 0 Å². The highest BCUT2D eigenvalue weighted by Crippen LogP contribution is 2.19. The van der Waals surface area contributed by atoms with Gasteiger partial charge in [0, 0.05) is 19.0 Å². The maximum Gasteiger partial charge on any atom is 0.242 e. The first-order chi connectivity index (χ1) is 14.4. The summed E-state index contributed by atoms with van der Waals surface area (Å²) in [4.78, 5) is 27.9. The molecule has 0 unspecified atom stereocenters. The van der Waals surface area contributed by atoms with Crippen LogP contribution in [-0.4, -0.2) is 28.8 Å². The fraction of sp³-hybridized carbons (Fsp3) is 0.462. The summed E-state index contributed by atoms with van der Waals surface area (Å²) in [7, 11) is 0. The van der Waals surface area contributed by atoms with E-state index in [0.29, 0.717) is 19.4 Å². The number of benzene rings is 2.